The van der Waals surface area contributed by atoms with Crippen molar-refractivity contribution in [1.29, 1.82) is 0 Å². The second kappa shape index (κ2) is 9.21. The number of para-hydroxylation sites is 1. The van der Waals surface area contributed by atoms with Crippen molar-refractivity contribution in [3.8, 4) is 22.8 Å². The van der Waals surface area contributed by atoms with Crippen LogP contribution in [0.4, 0.5) is 0 Å². The Kier molecular flexibility index (Phi) is 6.47. The van der Waals surface area contributed by atoms with Crippen molar-refractivity contribution in [1.82, 2.24) is 24.6 Å². The van der Waals surface area contributed by atoms with E-state index in [-0.39, 0.29) is 12.0 Å². The van der Waals surface area contributed by atoms with Crippen LogP contribution in [-0.4, -0.2) is 38.4 Å². The Labute approximate surface area is 165 Å². The lowest BCUT2D eigenvalue weighted by atomic mass is 10.2. The summed E-state index contributed by atoms with van der Waals surface area (Å²) in [5.74, 6) is 1.67. The number of carbonyl (C=O) groups excluding carboxylic acids is 1. The van der Waals surface area contributed by atoms with Gasteiger partial charge in [-0.15, -0.1) is 0 Å². The Morgan fingerprint density at radius 3 is 2.93 bits per heavy atom. The van der Waals surface area contributed by atoms with Gasteiger partial charge in [-0.25, -0.2) is 4.98 Å². The fourth-order valence-electron chi connectivity index (χ4n) is 2.89. The lowest BCUT2D eigenvalue weighted by Crippen LogP contribution is -2.17. The van der Waals surface area contributed by atoms with Crippen molar-refractivity contribution in [2.45, 2.75) is 45.8 Å². The summed E-state index contributed by atoms with van der Waals surface area (Å²) in [6.45, 7) is 4.85. The molecule has 1 atom stereocenters. The first-order valence-electron chi connectivity index (χ1n) is 9.65. The zero-order valence-electron chi connectivity index (χ0n) is 16.6. The van der Waals surface area contributed by atoms with Gasteiger partial charge in [0.15, 0.2) is 0 Å². The van der Waals surface area contributed by atoms with Crippen molar-refractivity contribution in [3.05, 3.63) is 49.1 Å². The monoisotopic (exact) mass is 381 g/mol. The van der Waals surface area contributed by atoms with Gasteiger partial charge in [0.1, 0.15) is 11.6 Å². The van der Waals surface area contributed by atoms with Crippen LogP contribution < -0.4 is 10.1 Å². The van der Waals surface area contributed by atoms with Crippen LogP contribution >= 0.6 is 0 Å². The summed E-state index contributed by atoms with van der Waals surface area (Å²) in [5, 5.41) is 7.05. The summed E-state index contributed by atoms with van der Waals surface area (Å²) in [6.07, 6.45) is 9.76. The molecule has 0 saturated heterocycles. The normalized spacial score (nSPS) is 12.0. The number of aromatic nitrogens is 4. The number of hydrogen-bond acceptors (Lipinski definition) is 4. The molecule has 2 heterocycles. The summed E-state index contributed by atoms with van der Waals surface area (Å²) in [7, 11) is 1.65. The standard InChI is InChI=1S/C21H27N5O2/c1-4-16(2)28-19-9-6-5-8-18(19)21-23-11-13-26(21)17-14-24-25(15-17)12-7-10-20(27)22-3/h5-6,8-9,11,13-16H,4,7,10,12H2,1-3H3,(H,22,27). The lowest BCUT2D eigenvalue weighted by molar-refractivity contribution is -0.120. The number of rotatable bonds is 9. The van der Waals surface area contributed by atoms with E-state index in [1.54, 1.807) is 13.2 Å². The highest BCUT2D eigenvalue weighted by Crippen LogP contribution is 2.31. The predicted octanol–water partition coefficient (Wildman–Crippen LogP) is 3.44. The minimum absolute atomic E-state index is 0.0437. The van der Waals surface area contributed by atoms with Crippen LogP contribution in [0.1, 0.15) is 33.1 Å². The van der Waals surface area contributed by atoms with Crippen LogP contribution in [0.2, 0.25) is 0 Å². The van der Waals surface area contributed by atoms with Crippen LogP contribution in [0.5, 0.6) is 5.75 Å². The predicted molar refractivity (Wildman–Crippen MR) is 108 cm³/mol. The molecule has 0 aliphatic heterocycles. The summed E-state index contributed by atoms with van der Waals surface area (Å²) in [6, 6.07) is 7.95. The molecule has 0 aliphatic rings. The SMILES string of the molecule is CCC(C)Oc1ccccc1-c1nccn1-c1cnn(CCCC(=O)NC)c1. The van der Waals surface area contributed by atoms with Crippen LogP contribution in [0, 0.1) is 0 Å². The molecule has 28 heavy (non-hydrogen) atoms. The van der Waals surface area contributed by atoms with Gasteiger partial charge in [0.25, 0.3) is 0 Å². The van der Waals surface area contributed by atoms with Gasteiger partial charge in [0, 0.05) is 38.6 Å². The molecular formula is C21H27N5O2. The topological polar surface area (TPSA) is 74.0 Å². The first kappa shape index (κ1) is 19.7. The number of imidazole rings is 1. The highest BCUT2D eigenvalue weighted by molar-refractivity contribution is 5.75. The van der Waals surface area contributed by atoms with Gasteiger partial charge in [0.2, 0.25) is 5.91 Å². The minimum Gasteiger partial charge on any atom is -0.490 e. The molecule has 3 rings (SSSR count). The number of hydrogen-bond donors (Lipinski definition) is 1. The van der Waals surface area contributed by atoms with Crippen LogP contribution in [0.25, 0.3) is 17.1 Å². The Morgan fingerprint density at radius 2 is 2.14 bits per heavy atom. The van der Waals surface area contributed by atoms with Crippen molar-refractivity contribution < 1.29 is 9.53 Å². The minimum atomic E-state index is 0.0437. The van der Waals surface area contributed by atoms with Crippen LogP contribution in [-0.2, 0) is 11.3 Å². The van der Waals surface area contributed by atoms with Crippen molar-refractivity contribution in [2.75, 3.05) is 7.05 Å². The van der Waals surface area contributed by atoms with E-state index >= 15 is 0 Å². The van der Waals surface area contributed by atoms with E-state index in [4.69, 9.17) is 4.74 Å². The molecule has 2 aromatic heterocycles. The van der Waals surface area contributed by atoms with Crippen molar-refractivity contribution >= 4 is 5.91 Å². The van der Waals surface area contributed by atoms with E-state index in [1.165, 1.54) is 0 Å². The summed E-state index contributed by atoms with van der Waals surface area (Å²) < 4.78 is 9.94. The van der Waals surface area contributed by atoms with Crippen molar-refractivity contribution in [3.63, 3.8) is 0 Å². The lowest BCUT2D eigenvalue weighted by Gasteiger charge is -2.16. The maximum Gasteiger partial charge on any atom is 0.219 e. The van der Waals surface area contributed by atoms with Gasteiger partial charge in [-0.3, -0.25) is 14.0 Å². The Morgan fingerprint density at radius 1 is 1.32 bits per heavy atom. The number of aryl methyl sites for hydroxylation is 1. The Hall–Kier alpha value is -3.09. The first-order chi connectivity index (χ1) is 13.6. The van der Waals surface area contributed by atoms with E-state index < -0.39 is 0 Å². The van der Waals surface area contributed by atoms with Crippen LogP contribution in [0.15, 0.2) is 49.1 Å². The molecule has 0 radical (unpaired) electrons. The molecule has 1 unspecified atom stereocenters. The maximum absolute atomic E-state index is 11.4. The maximum atomic E-state index is 11.4. The van der Waals surface area contributed by atoms with Gasteiger partial charge in [-0.1, -0.05) is 19.1 Å². The second-order valence-electron chi connectivity index (χ2n) is 6.69. The van der Waals surface area contributed by atoms with Crippen molar-refractivity contribution in [2.24, 2.45) is 0 Å². The molecule has 1 N–H and O–H groups in total. The van der Waals surface area contributed by atoms with Crippen LogP contribution in [0.3, 0.4) is 0 Å². The molecule has 0 bridgehead atoms. The molecule has 0 saturated carbocycles. The molecule has 0 spiro atoms. The number of nitrogens with zero attached hydrogens (tertiary/aromatic N) is 4. The zero-order valence-corrected chi connectivity index (χ0v) is 16.6. The van der Waals surface area contributed by atoms with Gasteiger partial charge < -0.3 is 10.1 Å². The number of benzene rings is 1. The molecular weight excluding hydrogens is 354 g/mol. The quantitative estimate of drug-likeness (QED) is 0.616. The van der Waals surface area contributed by atoms with E-state index in [0.717, 1.165) is 35.7 Å². The summed E-state index contributed by atoms with van der Waals surface area (Å²) >= 11 is 0. The Bertz CT molecular complexity index is 915. The highest BCUT2D eigenvalue weighted by atomic mass is 16.5. The molecule has 0 aliphatic carbocycles. The smallest absolute Gasteiger partial charge is 0.219 e. The Balaban J connectivity index is 1.81. The number of ether oxygens (including phenoxy) is 1. The first-order valence-corrected chi connectivity index (χ1v) is 9.65. The second-order valence-corrected chi connectivity index (χ2v) is 6.69. The fourth-order valence-corrected chi connectivity index (χ4v) is 2.89. The van der Waals surface area contributed by atoms with Gasteiger partial charge in [-0.2, -0.15) is 5.10 Å². The van der Waals surface area contributed by atoms with Gasteiger partial charge in [-0.05, 0) is 31.9 Å². The zero-order chi connectivity index (χ0) is 19.9. The van der Waals surface area contributed by atoms with E-state index in [2.05, 4.69) is 29.2 Å². The summed E-state index contributed by atoms with van der Waals surface area (Å²) in [5.41, 5.74) is 1.87. The third-order valence-electron chi connectivity index (χ3n) is 4.64. The highest BCUT2D eigenvalue weighted by Gasteiger charge is 2.15. The molecule has 1 aromatic carbocycles. The number of carbonyl (C=O) groups is 1. The van der Waals surface area contributed by atoms with E-state index in [0.29, 0.717) is 13.0 Å². The average molecular weight is 381 g/mol. The largest absolute Gasteiger partial charge is 0.490 e. The molecule has 7 nitrogen and oxygen atoms in total. The molecule has 1 amide bonds. The fraction of sp³-hybridized carbons (Fsp3) is 0.381. The van der Waals surface area contributed by atoms with Gasteiger partial charge in [0.05, 0.1) is 23.6 Å². The molecule has 148 valence electrons. The van der Waals surface area contributed by atoms with E-state index in [1.807, 2.05) is 52.1 Å². The molecule has 3 aromatic rings. The average Bonchev–Trinajstić information content (AvgIpc) is 3.37. The third-order valence-corrected chi connectivity index (χ3v) is 4.64. The number of nitrogens with one attached hydrogen (secondary N) is 1. The third kappa shape index (κ3) is 4.60. The van der Waals surface area contributed by atoms with E-state index in [9.17, 15) is 4.79 Å². The summed E-state index contributed by atoms with van der Waals surface area (Å²) in [4.78, 5) is 15.9. The molecule has 7 heteroatoms. The molecule has 0 fully saturated rings. The number of amides is 1. The van der Waals surface area contributed by atoms with Gasteiger partial charge >= 0.3 is 0 Å².